The first-order chi connectivity index (χ1) is 15.3. The molecule has 3 aromatic rings. The van der Waals surface area contributed by atoms with E-state index in [4.69, 9.17) is 0 Å². The Morgan fingerprint density at radius 2 is 1.28 bits per heavy atom. The van der Waals surface area contributed by atoms with Crippen molar-refractivity contribution in [3.8, 4) is 0 Å². The molecule has 166 valence electrons. The molecule has 0 N–H and O–H groups in total. The lowest BCUT2D eigenvalue weighted by Crippen LogP contribution is -2.37. The Morgan fingerprint density at radius 3 is 1.88 bits per heavy atom. The van der Waals surface area contributed by atoms with Crippen molar-refractivity contribution in [2.45, 2.75) is 20.3 Å². The summed E-state index contributed by atoms with van der Waals surface area (Å²) in [4.78, 5) is 40.9. The maximum absolute atomic E-state index is 13.2. The number of hydrogen-bond acceptors (Lipinski definition) is 5. The summed E-state index contributed by atoms with van der Waals surface area (Å²) in [6.07, 6.45) is 0.749. The number of carbonyl (C=O) groups is 2. The second-order valence-electron chi connectivity index (χ2n) is 8.48. The van der Waals surface area contributed by atoms with E-state index in [1.54, 1.807) is 0 Å². The van der Waals surface area contributed by atoms with Crippen molar-refractivity contribution in [3.05, 3.63) is 65.0 Å². The highest BCUT2D eigenvalue weighted by atomic mass is 16.2. The van der Waals surface area contributed by atoms with Crippen LogP contribution in [-0.4, -0.2) is 71.9 Å². The number of rotatable bonds is 3. The van der Waals surface area contributed by atoms with Crippen LogP contribution < -0.4 is 4.90 Å². The smallest absolute Gasteiger partial charge is 0.253 e. The zero-order valence-corrected chi connectivity index (χ0v) is 19.1. The number of hydrogen-bond donors (Lipinski definition) is 0. The highest BCUT2D eigenvalue weighted by molar-refractivity contribution is 5.97. The third-order valence-electron chi connectivity index (χ3n) is 6.02. The van der Waals surface area contributed by atoms with E-state index < -0.39 is 0 Å². The molecule has 32 heavy (non-hydrogen) atoms. The van der Waals surface area contributed by atoms with Crippen LogP contribution in [0.25, 0.3) is 11.0 Å². The Labute approximate surface area is 188 Å². The second-order valence-corrected chi connectivity index (χ2v) is 8.48. The van der Waals surface area contributed by atoms with Crippen LogP contribution in [0.3, 0.4) is 0 Å². The fourth-order valence-corrected chi connectivity index (χ4v) is 3.95. The van der Waals surface area contributed by atoms with Crippen molar-refractivity contribution in [3.63, 3.8) is 0 Å². The van der Waals surface area contributed by atoms with Gasteiger partial charge in [-0.15, -0.1) is 0 Å². The lowest BCUT2D eigenvalue weighted by molar-refractivity contribution is 0.0719. The van der Waals surface area contributed by atoms with Gasteiger partial charge in [0.05, 0.1) is 22.4 Å². The van der Waals surface area contributed by atoms with Crippen molar-refractivity contribution in [2.75, 3.05) is 45.2 Å². The third-order valence-corrected chi connectivity index (χ3v) is 6.02. The Bertz CT molecular complexity index is 1160. The average molecular weight is 432 g/mol. The molecule has 1 fully saturated rings. The number of nitrogens with zero attached hydrogens (tertiary/aromatic N) is 5. The Morgan fingerprint density at radius 1 is 0.750 bits per heavy atom. The van der Waals surface area contributed by atoms with Crippen LogP contribution in [0.15, 0.2) is 42.5 Å². The summed E-state index contributed by atoms with van der Waals surface area (Å²) in [5.74, 6) is -0.0204. The van der Waals surface area contributed by atoms with Gasteiger partial charge >= 0.3 is 0 Å². The van der Waals surface area contributed by atoms with E-state index in [-0.39, 0.29) is 11.8 Å². The normalized spacial score (nSPS) is 14.4. The molecular formula is C25H29N5O2. The number of carbonyl (C=O) groups excluding carboxylic acids is 2. The fraction of sp³-hybridized carbons (Fsp3) is 0.360. The number of benzene rings is 2. The molecule has 0 spiro atoms. The average Bonchev–Trinajstić information content (AvgIpc) is 3.05. The van der Waals surface area contributed by atoms with Crippen LogP contribution in [0.5, 0.6) is 0 Å². The molecule has 0 saturated carbocycles. The van der Waals surface area contributed by atoms with Crippen molar-refractivity contribution < 1.29 is 9.59 Å². The molecule has 2 aromatic carbocycles. The molecule has 1 aromatic heterocycles. The van der Waals surface area contributed by atoms with E-state index in [1.807, 2.05) is 85.1 Å². The van der Waals surface area contributed by atoms with E-state index in [1.165, 1.54) is 0 Å². The molecular weight excluding hydrogens is 402 g/mol. The van der Waals surface area contributed by atoms with Crippen molar-refractivity contribution in [1.82, 2.24) is 19.8 Å². The maximum Gasteiger partial charge on any atom is 0.253 e. The molecule has 0 aliphatic carbocycles. The predicted molar refractivity (Wildman–Crippen MR) is 126 cm³/mol. The molecule has 2 heterocycles. The van der Waals surface area contributed by atoms with E-state index in [0.717, 1.165) is 34.5 Å². The van der Waals surface area contributed by atoms with Gasteiger partial charge in [-0.05, 0) is 62.7 Å². The summed E-state index contributed by atoms with van der Waals surface area (Å²) < 4.78 is 0. The standard InChI is InChI=1S/C25H29N5O2/c1-17-18(2)27-23-16-20(8-11-22(23)26-17)25(32)30-13-5-12-29(14-15-30)24(31)19-6-9-21(10-7-19)28(3)4/h6-11,16H,5,12-15H2,1-4H3. The van der Waals surface area contributed by atoms with E-state index >= 15 is 0 Å². The molecule has 7 heteroatoms. The van der Waals surface area contributed by atoms with Gasteiger partial charge in [0.2, 0.25) is 0 Å². The summed E-state index contributed by atoms with van der Waals surface area (Å²) in [6.45, 7) is 6.15. The molecule has 1 aliphatic rings. The molecule has 0 atom stereocenters. The largest absolute Gasteiger partial charge is 0.378 e. The van der Waals surface area contributed by atoms with Crippen LogP contribution in [0.1, 0.15) is 38.5 Å². The number of fused-ring (bicyclic) bond motifs is 1. The highest BCUT2D eigenvalue weighted by Crippen LogP contribution is 2.18. The summed E-state index contributed by atoms with van der Waals surface area (Å²) in [6, 6.07) is 13.1. The van der Waals surface area contributed by atoms with Crippen LogP contribution in [0, 0.1) is 13.8 Å². The van der Waals surface area contributed by atoms with Crippen LogP contribution in [-0.2, 0) is 0 Å². The monoisotopic (exact) mass is 431 g/mol. The zero-order valence-electron chi connectivity index (χ0n) is 19.1. The van der Waals surface area contributed by atoms with Gasteiger partial charge in [0.1, 0.15) is 0 Å². The molecule has 4 rings (SSSR count). The van der Waals surface area contributed by atoms with Crippen LogP contribution >= 0.6 is 0 Å². The number of aryl methyl sites for hydroxylation is 2. The molecule has 0 unspecified atom stereocenters. The maximum atomic E-state index is 13.2. The first-order valence-corrected chi connectivity index (χ1v) is 10.9. The van der Waals surface area contributed by atoms with Crippen molar-refractivity contribution in [1.29, 1.82) is 0 Å². The lowest BCUT2D eigenvalue weighted by Gasteiger charge is -2.23. The quantitative estimate of drug-likeness (QED) is 0.636. The minimum Gasteiger partial charge on any atom is -0.378 e. The molecule has 0 bridgehead atoms. The van der Waals surface area contributed by atoms with Gasteiger partial charge < -0.3 is 14.7 Å². The fourth-order valence-electron chi connectivity index (χ4n) is 3.95. The van der Waals surface area contributed by atoms with Crippen LogP contribution in [0.4, 0.5) is 5.69 Å². The number of anilines is 1. The van der Waals surface area contributed by atoms with Gasteiger partial charge in [-0.3, -0.25) is 9.59 Å². The predicted octanol–water partition coefficient (Wildman–Crippen LogP) is 3.30. The summed E-state index contributed by atoms with van der Waals surface area (Å²) in [5, 5.41) is 0. The van der Waals surface area contributed by atoms with Crippen molar-refractivity contribution in [2.24, 2.45) is 0 Å². The molecule has 1 saturated heterocycles. The third kappa shape index (κ3) is 4.42. The molecule has 7 nitrogen and oxygen atoms in total. The Kier molecular flexibility index (Phi) is 6.08. The van der Waals surface area contributed by atoms with E-state index in [0.29, 0.717) is 37.3 Å². The molecule has 1 aliphatic heterocycles. The van der Waals surface area contributed by atoms with Gasteiger partial charge in [0, 0.05) is 57.1 Å². The van der Waals surface area contributed by atoms with Gasteiger partial charge in [0.25, 0.3) is 11.8 Å². The molecule has 0 radical (unpaired) electrons. The summed E-state index contributed by atoms with van der Waals surface area (Å²) in [5.41, 5.74) is 5.61. The zero-order chi connectivity index (χ0) is 22.8. The van der Waals surface area contributed by atoms with E-state index in [9.17, 15) is 9.59 Å². The van der Waals surface area contributed by atoms with Gasteiger partial charge in [0.15, 0.2) is 0 Å². The number of aromatic nitrogens is 2. The first-order valence-electron chi connectivity index (χ1n) is 10.9. The van der Waals surface area contributed by atoms with E-state index in [2.05, 4.69) is 9.97 Å². The SMILES string of the molecule is Cc1nc2ccc(C(=O)N3CCCN(C(=O)c4ccc(N(C)C)cc4)CC3)cc2nc1C. The molecule has 2 amide bonds. The van der Waals surface area contributed by atoms with Crippen LogP contribution in [0.2, 0.25) is 0 Å². The number of amides is 2. The van der Waals surface area contributed by atoms with Gasteiger partial charge in [-0.25, -0.2) is 9.97 Å². The second kappa shape index (κ2) is 8.94. The minimum absolute atomic E-state index is 0.0106. The Balaban J connectivity index is 1.45. The summed E-state index contributed by atoms with van der Waals surface area (Å²) >= 11 is 0. The topological polar surface area (TPSA) is 69.6 Å². The van der Waals surface area contributed by atoms with Gasteiger partial charge in [-0.1, -0.05) is 0 Å². The Hall–Kier alpha value is -3.48. The minimum atomic E-state index is -0.0310. The lowest BCUT2D eigenvalue weighted by atomic mass is 10.1. The van der Waals surface area contributed by atoms with Gasteiger partial charge in [-0.2, -0.15) is 0 Å². The first kappa shape index (κ1) is 21.7. The highest BCUT2D eigenvalue weighted by Gasteiger charge is 2.24. The summed E-state index contributed by atoms with van der Waals surface area (Å²) in [7, 11) is 3.95. The van der Waals surface area contributed by atoms with Crippen molar-refractivity contribution >= 4 is 28.5 Å².